The van der Waals surface area contributed by atoms with Crippen molar-refractivity contribution < 1.29 is 8.94 Å². The topological polar surface area (TPSA) is 65.2 Å². The number of nitrogens with two attached hydrogens (primary N) is 1. The first-order valence-electron chi connectivity index (χ1n) is 3.35. The van der Waals surface area contributed by atoms with Crippen LogP contribution in [0.4, 0.5) is 5.82 Å². The molecule has 6 heteroatoms. The van der Waals surface area contributed by atoms with Crippen LogP contribution in [0.2, 0.25) is 5.22 Å². The van der Waals surface area contributed by atoms with Crippen molar-refractivity contribution >= 4 is 40.0 Å². The van der Waals surface area contributed by atoms with Gasteiger partial charge in [-0.3, -0.25) is 0 Å². The predicted molar refractivity (Wildman–Crippen MR) is 56.3 cm³/mol. The maximum absolute atomic E-state index is 5.61. The minimum absolute atomic E-state index is 0.306. The van der Waals surface area contributed by atoms with Gasteiger partial charge in [-0.1, -0.05) is 5.16 Å². The van der Waals surface area contributed by atoms with E-state index >= 15 is 0 Å². The summed E-state index contributed by atoms with van der Waals surface area (Å²) in [7, 11) is 0. The first-order chi connectivity index (χ1) is 6.18. The molecule has 0 saturated heterocycles. The molecule has 0 aliphatic rings. The zero-order valence-corrected chi connectivity index (χ0v) is 9.17. The molecule has 68 valence electrons. The number of furan rings is 1. The summed E-state index contributed by atoms with van der Waals surface area (Å²) < 4.78 is 10.8. The fraction of sp³-hybridized carbons (Fsp3) is 0. The highest BCUT2D eigenvalue weighted by atomic mass is 127. The van der Waals surface area contributed by atoms with Crippen LogP contribution in [-0.4, -0.2) is 5.16 Å². The smallest absolute Gasteiger partial charge is 0.217 e. The zero-order valence-electron chi connectivity index (χ0n) is 6.25. The van der Waals surface area contributed by atoms with E-state index in [4.69, 9.17) is 26.3 Å². The summed E-state index contributed by atoms with van der Waals surface area (Å²) in [5.41, 5.74) is 5.50. The quantitative estimate of drug-likeness (QED) is 0.823. The summed E-state index contributed by atoms with van der Waals surface area (Å²) in [6, 6.07) is 3.33. The highest BCUT2D eigenvalue weighted by molar-refractivity contribution is 14.1. The van der Waals surface area contributed by atoms with Gasteiger partial charge in [-0.2, -0.15) is 0 Å². The summed E-state index contributed by atoms with van der Waals surface area (Å²) in [5.74, 6) is 1.38. The van der Waals surface area contributed by atoms with Crippen molar-refractivity contribution in [2.24, 2.45) is 0 Å². The van der Waals surface area contributed by atoms with Crippen molar-refractivity contribution in [2.45, 2.75) is 0 Å². The van der Waals surface area contributed by atoms with Crippen LogP contribution < -0.4 is 5.73 Å². The lowest BCUT2D eigenvalue weighted by Gasteiger charge is -1.88. The van der Waals surface area contributed by atoms with Crippen molar-refractivity contribution in [3.63, 3.8) is 0 Å². The van der Waals surface area contributed by atoms with E-state index < -0.39 is 0 Å². The minimum atomic E-state index is 0.306. The third-order valence-corrected chi connectivity index (χ3v) is 2.70. The Kier molecular flexibility index (Phi) is 2.20. The standard InChI is InChI=1S/C7H4ClIN2O2/c8-4-2-1-3(12-4)6-5(9)7(10)11-13-6/h1-2H,(H2,10,11). The number of aromatic nitrogens is 1. The number of halogens is 2. The third kappa shape index (κ3) is 1.53. The van der Waals surface area contributed by atoms with Crippen molar-refractivity contribution in [1.29, 1.82) is 0 Å². The molecule has 0 saturated carbocycles. The number of hydrogen-bond donors (Lipinski definition) is 1. The van der Waals surface area contributed by atoms with Crippen LogP contribution in [0.3, 0.4) is 0 Å². The number of nitrogen functional groups attached to an aromatic ring is 1. The van der Waals surface area contributed by atoms with Crippen molar-refractivity contribution in [2.75, 3.05) is 5.73 Å². The van der Waals surface area contributed by atoms with Gasteiger partial charge in [0.05, 0.1) is 0 Å². The summed E-state index contributed by atoms with van der Waals surface area (Å²) in [4.78, 5) is 0. The maximum Gasteiger partial charge on any atom is 0.217 e. The lowest BCUT2D eigenvalue weighted by atomic mass is 10.3. The van der Waals surface area contributed by atoms with Gasteiger partial charge in [0.1, 0.15) is 3.57 Å². The van der Waals surface area contributed by atoms with Gasteiger partial charge >= 0.3 is 0 Å². The molecule has 13 heavy (non-hydrogen) atoms. The second kappa shape index (κ2) is 3.22. The summed E-state index contributed by atoms with van der Waals surface area (Å²) >= 11 is 7.64. The van der Waals surface area contributed by atoms with E-state index in [2.05, 4.69) is 5.16 Å². The molecule has 2 N–H and O–H groups in total. The summed E-state index contributed by atoms with van der Waals surface area (Å²) in [6.07, 6.45) is 0. The molecule has 0 aliphatic carbocycles. The van der Waals surface area contributed by atoms with E-state index in [-0.39, 0.29) is 0 Å². The van der Waals surface area contributed by atoms with Gasteiger partial charge in [0.15, 0.2) is 16.8 Å². The summed E-state index contributed by atoms with van der Waals surface area (Å²) in [5, 5.41) is 3.90. The highest BCUT2D eigenvalue weighted by Crippen LogP contribution is 2.31. The Hall–Kier alpha value is -0.690. The Bertz CT molecular complexity index is 437. The first-order valence-corrected chi connectivity index (χ1v) is 4.80. The molecule has 0 unspecified atom stereocenters. The molecule has 0 radical (unpaired) electrons. The maximum atomic E-state index is 5.61. The van der Waals surface area contributed by atoms with E-state index in [1.807, 2.05) is 22.6 Å². The Labute approximate surface area is 92.2 Å². The van der Waals surface area contributed by atoms with Gasteiger partial charge < -0.3 is 14.7 Å². The van der Waals surface area contributed by atoms with Crippen LogP contribution >= 0.6 is 34.2 Å². The molecule has 2 rings (SSSR count). The van der Waals surface area contributed by atoms with Crippen LogP contribution in [0, 0.1) is 3.57 Å². The molecular weight excluding hydrogens is 306 g/mol. The number of hydrogen-bond acceptors (Lipinski definition) is 4. The molecule has 0 aromatic carbocycles. The van der Waals surface area contributed by atoms with Crippen molar-refractivity contribution in [3.05, 3.63) is 20.9 Å². The molecular formula is C7H4ClIN2O2. The normalized spacial score (nSPS) is 10.6. The van der Waals surface area contributed by atoms with Gasteiger partial charge in [-0.25, -0.2) is 0 Å². The monoisotopic (exact) mass is 310 g/mol. The average Bonchev–Trinajstić information content (AvgIpc) is 2.62. The van der Waals surface area contributed by atoms with Crippen molar-refractivity contribution in [3.8, 4) is 11.5 Å². The van der Waals surface area contributed by atoms with Gasteiger partial charge in [0.2, 0.25) is 5.76 Å². The van der Waals surface area contributed by atoms with Crippen molar-refractivity contribution in [1.82, 2.24) is 5.16 Å². The van der Waals surface area contributed by atoms with Crippen LogP contribution in [0.1, 0.15) is 0 Å². The van der Waals surface area contributed by atoms with E-state index in [9.17, 15) is 0 Å². The summed E-state index contributed by atoms with van der Waals surface area (Å²) in [6.45, 7) is 0. The average molecular weight is 310 g/mol. The Morgan fingerprint density at radius 3 is 2.69 bits per heavy atom. The van der Waals surface area contributed by atoms with E-state index in [1.165, 1.54) is 0 Å². The van der Waals surface area contributed by atoms with Crippen LogP contribution in [0.5, 0.6) is 0 Å². The van der Waals surface area contributed by atoms with E-state index in [0.717, 1.165) is 3.57 Å². The largest absolute Gasteiger partial charge is 0.441 e. The molecule has 0 amide bonds. The molecule has 0 aliphatic heterocycles. The number of nitrogens with zero attached hydrogens (tertiary/aromatic N) is 1. The lowest BCUT2D eigenvalue weighted by Crippen LogP contribution is -1.85. The second-order valence-electron chi connectivity index (χ2n) is 2.31. The van der Waals surface area contributed by atoms with Crippen LogP contribution in [-0.2, 0) is 0 Å². The number of anilines is 1. The van der Waals surface area contributed by atoms with Gasteiger partial charge in [0, 0.05) is 0 Å². The molecule has 2 heterocycles. The molecule has 0 bridgehead atoms. The molecule has 0 fully saturated rings. The Morgan fingerprint density at radius 2 is 2.23 bits per heavy atom. The Balaban J connectivity index is 2.52. The van der Waals surface area contributed by atoms with E-state index in [0.29, 0.717) is 22.6 Å². The molecule has 2 aromatic rings. The van der Waals surface area contributed by atoms with Crippen LogP contribution in [0.25, 0.3) is 11.5 Å². The molecule has 4 nitrogen and oxygen atoms in total. The fourth-order valence-electron chi connectivity index (χ4n) is 0.881. The second-order valence-corrected chi connectivity index (χ2v) is 3.77. The molecule has 0 spiro atoms. The van der Waals surface area contributed by atoms with Crippen LogP contribution in [0.15, 0.2) is 21.1 Å². The Morgan fingerprint density at radius 1 is 1.46 bits per heavy atom. The van der Waals surface area contributed by atoms with Gasteiger partial charge in [-0.05, 0) is 46.3 Å². The molecule has 2 aromatic heterocycles. The van der Waals surface area contributed by atoms with Gasteiger partial charge in [-0.15, -0.1) is 0 Å². The highest BCUT2D eigenvalue weighted by Gasteiger charge is 2.15. The van der Waals surface area contributed by atoms with Gasteiger partial charge in [0.25, 0.3) is 0 Å². The first kappa shape index (κ1) is 8.89. The zero-order chi connectivity index (χ0) is 9.42. The fourth-order valence-corrected chi connectivity index (χ4v) is 1.49. The predicted octanol–water partition coefficient (Wildman–Crippen LogP) is 2.77. The SMILES string of the molecule is Nc1noc(-c2ccc(Cl)o2)c1I. The molecule has 0 atom stereocenters. The van der Waals surface area contributed by atoms with E-state index in [1.54, 1.807) is 12.1 Å². The minimum Gasteiger partial charge on any atom is -0.441 e. The number of rotatable bonds is 1. The lowest BCUT2D eigenvalue weighted by molar-refractivity contribution is 0.420. The third-order valence-electron chi connectivity index (χ3n) is 1.46.